The van der Waals surface area contributed by atoms with Crippen molar-refractivity contribution in [3.63, 3.8) is 0 Å². The predicted molar refractivity (Wildman–Crippen MR) is 102 cm³/mol. The van der Waals surface area contributed by atoms with Crippen molar-refractivity contribution in [2.24, 2.45) is 10.7 Å². The molecular formula is C17H23N5O2S. The molecular weight excluding hydrogens is 338 g/mol. The SMILES string of the molecule is Cc1ccc(Nc2s[nH]c(=O)c2C(N)=NCCN2CCOCC2)cc1. The van der Waals surface area contributed by atoms with E-state index in [4.69, 9.17) is 10.5 Å². The number of hydrogen-bond donors (Lipinski definition) is 3. The Labute approximate surface area is 150 Å². The normalized spacial score (nSPS) is 16.1. The van der Waals surface area contributed by atoms with Gasteiger partial charge in [0.15, 0.2) is 0 Å². The summed E-state index contributed by atoms with van der Waals surface area (Å²) in [7, 11) is 0. The van der Waals surface area contributed by atoms with Gasteiger partial charge < -0.3 is 15.8 Å². The van der Waals surface area contributed by atoms with Gasteiger partial charge in [-0.3, -0.25) is 19.1 Å². The van der Waals surface area contributed by atoms with Crippen molar-refractivity contribution in [3.05, 3.63) is 45.7 Å². The summed E-state index contributed by atoms with van der Waals surface area (Å²) in [5, 5.41) is 3.92. The molecule has 0 atom stereocenters. The molecule has 1 aromatic carbocycles. The molecule has 0 aliphatic carbocycles. The van der Waals surface area contributed by atoms with E-state index < -0.39 is 0 Å². The van der Waals surface area contributed by atoms with Crippen LogP contribution in [0.1, 0.15) is 11.1 Å². The fraction of sp³-hybridized carbons (Fsp3) is 0.412. The molecule has 1 aliphatic rings. The number of benzene rings is 1. The van der Waals surface area contributed by atoms with Gasteiger partial charge >= 0.3 is 0 Å². The molecule has 1 aromatic heterocycles. The molecule has 0 amide bonds. The van der Waals surface area contributed by atoms with Gasteiger partial charge in [-0.1, -0.05) is 17.7 Å². The van der Waals surface area contributed by atoms with Crippen LogP contribution in [0, 0.1) is 6.92 Å². The molecule has 4 N–H and O–H groups in total. The molecule has 7 nitrogen and oxygen atoms in total. The minimum absolute atomic E-state index is 0.216. The number of rotatable bonds is 6. The van der Waals surface area contributed by atoms with E-state index in [2.05, 4.69) is 19.6 Å². The maximum absolute atomic E-state index is 12.1. The molecule has 0 saturated carbocycles. The van der Waals surface area contributed by atoms with Crippen molar-refractivity contribution < 1.29 is 4.74 Å². The summed E-state index contributed by atoms with van der Waals surface area (Å²) in [6, 6.07) is 7.96. The van der Waals surface area contributed by atoms with E-state index in [1.807, 2.05) is 31.2 Å². The van der Waals surface area contributed by atoms with Gasteiger partial charge in [-0.15, -0.1) is 0 Å². The molecule has 8 heteroatoms. The van der Waals surface area contributed by atoms with Gasteiger partial charge in [-0.2, -0.15) is 0 Å². The number of aryl methyl sites for hydroxylation is 1. The average Bonchev–Trinajstić information content (AvgIpc) is 2.98. The third kappa shape index (κ3) is 4.68. The van der Waals surface area contributed by atoms with Gasteiger partial charge in [0.05, 0.1) is 19.8 Å². The number of aromatic nitrogens is 1. The molecule has 25 heavy (non-hydrogen) atoms. The highest BCUT2D eigenvalue weighted by molar-refractivity contribution is 7.10. The lowest BCUT2D eigenvalue weighted by Crippen LogP contribution is -2.38. The third-order valence-corrected chi connectivity index (χ3v) is 4.87. The van der Waals surface area contributed by atoms with Crippen LogP contribution in [0.5, 0.6) is 0 Å². The number of hydrogen-bond acceptors (Lipinski definition) is 6. The zero-order valence-corrected chi connectivity index (χ0v) is 15.1. The van der Waals surface area contributed by atoms with Crippen LogP contribution in [0.2, 0.25) is 0 Å². The highest BCUT2D eigenvalue weighted by Crippen LogP contribution is 2.22. The predicted octanol–water partition coefficient (Wildman–Crippen LogP) is 1.53. The minimum Gasteiger partial charge on any atom is -0.383 e. The Morgan fingerprint density at radius 1 is 1.36 bits per heavy atom. The summed E-state index contributed by atoms with van der Waals surface area (Å²) in [4.78, 5) is 18.8. The molecule has 0 unspecified atom stereocenters. The number of aromatic amines is 1. The van der Waals surface area contributed by atoms with Crippen molar-refractivity contribution in [2.75, 3.05) is 44.7 Å². The van der Waals surface area contributed by atoms with E-state index in [0.717, 1.165) is 38.5 Å². The molecule has 0 spiro atoms. The zero-order chi connectivity index (χ0) is 17.6. The van der Waals surface area contributed by atoms with E-state index in [9.17, 15) is 4.79 Å². The lowest BCUT2D eigenvalue weighted by atomic mass is 10.2. The zero-order valence-electron chi connectivity index (χ0n) is 14.2. The van der Waals surface area contributed by atoms with Gasteiger partial charge in [0.1, 0.15) is 16.4 Å². The summed E-state index contributed by atoms with van der Waals surface area (Å²) >= 11 is 1.23. The van der Waals surface area contributed by atoms with Crippen LogP contribution in [-0.2, 0) is 4.74 Å². The fourth-order valence-electron chi connectivity index (χ4n) is 2.61. The first-order valence-corrected chi connectivity index (χ1v) is 9.10. The summed E-state index contributed by atoms with van der Waals surface area (Å²) in [6.07, 6.45) is 0. The van der Waals surface area contributed by atoms with Crippen LogP contribution in [0.4, 0.5) is 10.7 Å². The standard InChI is InChI=1S/C17H23N5O2S/c1-12-2-4-13(5-3-12)20-17-14(16(23)21-25-17)15(18)19-6-7-22-8-10-24-11-9-22/h2-5,20H,6-11H2,1H3,(H2,18,19)(H,21,23). The Morgan fingerprint density at radius 3 is 2.80 bits per heavy atom. The Bertz CT molecular complexity index is 775. The number of morpholine rings is 1. The Kier molecular flexibility index (Phi) is 5.85. The highest BCUT2D eigenvalue weighted by Gasteiger charge is 2.15. The first-order valence-electron chi connectivity index (χ1n) is 8.29. The van der Waals surface area contributed by atoms with E-state index in [1.165, 1.54) is 17.1 Å². The van der Waals surface area contributed by atoms with Crippen molar-refractivity contribution >= 4 is 28.1 Å². The topological polar surface area (TPSA) is 95.7 Å². The lowest BCUT2D eigenvalue weighted by molar-refractivity contribution is 0.0394. The summed E-state index contributed by atoms with van der Waals surface area (Å²) in [5.41, 5.74) is 8.37. The first kappa shape index (κ1) is 17.7. The number of anilines is 2. The number of nitrogens with zero attached hydrogens (tertiary/aromatic N) is 2. The third-order valence-electron chi connectivity index (χ3n) is 4.07. The smallest absolute Gasteiger partial charge is 0.271 e. The lowest BCUT2D eigenvalue weighted by Gasteiger charge is -2.25. The number of nitrogens with two attached hydrogens (primary N) is 1. The van der Waals surface area contributed by atoms with E-state index in [1.54, 1.807) is 0 Å². The molecule has 0 bridgehead atoms. The Morgan fingerprint density at radius 2 is 2.08 bits per heavy atom. The Hall–Kier alpha value is -2.16. The first-order chi connectivity index (χ1) is 12.1. The van der Waals surface area contributed by atoms with E-state index >= 15 is 0 Å². The fourth-order valence-corrected chi connectivity index (χ4v) is 3.37. The number of ether oxygens (including phenoxy) is 1. The van der Waals surface area contributed by atoms with Crippen LogP contribution < -0.4 is 16.6 Å². The number of amidine groups is 1. The molecule has 2 aromatic rings. The summed E-state index contributed by atoms with van der Waals surface area (Å²) < 4.78 is 8.05. The van der Waals surface area contributed by atoms with Crippen molar-refractivity contribution in [1.82, 2.24) is 9.27 Å². The molecule has 3 rings (SSSR count). The summed E-state index contributed by atoms with van der Waals surface area (Å²) in [5.74, 6) is 0.269. The minimum atomic E-state index is -0.216. The van der Waals surface area contributed by atoms with Crippen LogP contribution in [0.25, 0.3) is 0 Å². The molecule has 1 aliphatic heterocycles. The second-order valence-electron chi connectivity index (χ2n) is 5.95. The molecule has 1 fully saturated rings. The molecule has 2 heterocycles. The quantitative estimate of drug-likeness (QED) is 0.536. The van der Waals surface area contributed by atoms with Gasteiger partial charge in [0, 0.05) is 25.3 Å². The van der Waals surface area contributed by atoms with Gasteiger partial charge in [-0.05, 0) is 30.6 Å². The van der Waals surface area contributed by atoms with E-state index in [0.29, 0.717) is 17.1 Å². The number of H-pyrrole nitrogens is 1. The second kappa shape index (κ2) is 8.28. The number of nitrogens with one attached hydrogen (secondary N) is 2. The second-order valence-corrected chi connectivity index (χ2v) is 6.77. The average molecular weight is 361 g/mol. The van der Waals surface area contributed by atoms with Gasteiger partial charge in [0.2, 0.25) is 0 Å². The maximum Gasteiger partial charge on any atom is 0.271 e. The van der Waals surface area contributed by atoms with Crippen molar-refractivity contribution in [3.8, 4) is 0 Å². The maximum atomic E-state index is 12.1. The van der Waals surface area contributed by atoms with Gasteiger partial charge in [-0.25, -0.2) is 0 Å². The summed E-state index contributed by atoms with van der Waals surface area (Å²) in [6.45, 7) is 6.74. The highest BCUT2D eigenvalue weighted by atomic mass is 32.1. The van der Waals surface area contributed by atoms with E-state index in [-0.39, 0.29) is 11.4 Å². The van der Waals surface area contributed by atoms with Crippen molar-refractivity contribution in [1.29, 1.82) is 0 Å². The van der Waals surface area contributed by atoms with Crippen LogP contribution in [-0.4, -0.2) is 54.5 Å². The Balaban J connectivity index is 1.68. The van der Waals surface area contributed by atoms with Crippen LogP contribution >= 0.6 is 11.5 Å². The molecule has 0 radical (unpaired) electrons. The van der Waals surface area contributed by atoms with Gasteiger partial charge in [0.25, 0.3) is 5.56 Å². The van der Waals surface area contributed by atoms with Crippen LogP contribution in [0.3, 0.4) is 0 Å². The molecule has 134 valence electrons. The monoisotopic (exact) mass is 361 g/mol. The molecule has 1 saturated heterocycles. The van der Waals surface area contributed by atoms with Crippen LogP contribution in [0.15, 0.2) is 34.1 Å². The van der Waals surface area contributed by atoms with Crippen molar-refractivity contribution in [2.45, 2.75) is 6.92 Å². The largest absolute Gasteiger partial charge is 0.383 e. The number of aliphatic imine (C=N–C) groups is 1.